The molecule has 1 aliphatic rings. The maximum Gasteiger partial charge on any atom is 0.251 e. The van der Waals surface area contributed by atoms with E-state index in [1.54, 1.807) is 11.8 Å². The van der Waals surface area contributed by atoms with Crippen molar-refractivity contribution in [2.24, 2.45) is 7.05 Å². The Balaban J connectivity index is 1.61. The van der Waals surface area contributed by atoms with Gasteiger partial charge in [0, 0.05) is 50.4 Å². The summed E-state index contributed by atoms with van der Waals surface area (Å²) in [4.78, 5) is 14.1. The summed E-state index contributed by atoms with van der Waals surface area (Å²) in [5.74, 6) is 7.26. The molecule has 0 bridgehead atoms. The van der Waals surface area contributed by atoms with Crippen molar-refractivity contribution in [2.45, 2.75) is 64.7 Å². The van der Waals surface area contributed by atoms with Crippen molar-refractivity contribution in [3.05, 3.63) is 47.0 Å². The van der Waals surface area contributed by atoms with E-state index in [4.69, 9.17) is 15.3 Å². The summed E-state index contributed by atoms with van der Waals surface area (Å²) in [7, 11) is 5.52. The van der Waals surface area contributed by atoms with Gasteiger partial charge in [-0.3, -0.25) is 14.5 Å². The fraction of sp³-hybridized carbons (Fsp3) is 0.577. The Morgan fingerprint density at radius 1 is 1.00 bits per heavy atom. The highest BCUT2D eigenvalue weighted by atomic mass is 16.5. The molecule has 10 nitrogen and oxygen atoms in total. The number of aromatic nitrogens is 2. The van der Waals surface area contributed by atoms with E-state index in [9.17, 15) is 4.79 Å². The zero-order chi connectivity index (χ0) is 25.9. The number of allylic oxidation sites excluding steroid dienone is 1. The van der Waals surface area contributed by atoms with Crippen LogP contribution in [0.25, 0.3) is 0 Å². The van der Waals surface area contributed by atoms with E-state index in [-0.39, 0.29) is 5.91 Å². The molecule has 36 heavy (non-hydrogen) atoms. The van der Waals surface area contributed by atoms with Crippen LogP contribution in [0.5, 0.6) is 11.5 Å². The van der Waals surface area contributed by atoms with Crippen LogP contribution >= 0.6 is 0 Å². The van der Waals surface area contributed by atoms with Gasteiger partial charge in [-0.05, 0) is 63.5 Å². The fourth-order valence-corrected chi connectivity index (χ4v) is 4.19. The summed E-state index contributed by atoms with van der Waals surface area (Å²) < 4.78 is 14.3. The summed E-state index contributed by atoms with van der Waals surface area (Å²) in [6.07, 6.45) is 12.7. The van der Waals surface area contributed by atoms with Gasteiger partial charge < -0.3 is 26.1 Å². The lowest BCUT2D eigenvalue weighted by atomic mass is 10.0. The molecule has 0 saturated heterocycles. The minimum Gasteiger partial charge on any atom is -0.493 e. The Kier molecular flexibility index (Phi) is 10.4. The third-order valence-corrected chi connectivity index (χ3v) is 6.33. The predicted octanol–water partition coefficient (Wildman–Crippen LogP) is 2.99. The smallest absolute Gasteiger partial charge is 0.251 e. The second kappa shape index (κ2) is 13.7. The largest absolute Gasteiger partial charge is 0.493 e. The second-order valence-corrected chi connectivity index (χ2v) is 9.29. The number of rotatable bonds is 16. The average molecular weight is 502 g/mol. The van der Waals surface area contributed by atoms with Crippen molar-refractivity contribution in [3.8, 4) is 11.5 Å². The predicted molar refractivity (Wildman–Crippen MR) is 142 cm³/mol. The molecule has 0 radical (unpaired) electrons. The van der Waals surface area contributed by atoms with Crippen molar-refractivity contribution in [2.75, 3.05) is 33.2 Å². The number of unbranched alkanes of at least 4 members (excludes halogenated alkanes) is 3. The molecule has 1 aromatic carbocycles. The molecular formula is C26H43N7O3. The van der Waals surface area contributed by atoms with Crippen molar-refractivity contribution in [1.82, 2.24) is 30.8 Å². The van der Waals surface area contributed by atoms with E-state index in [2.05, 4.69) is 23.2 Å². The summed E-state index contributed by atoms with van der Waals surface area (Å²) in [5, 5.41) is 4.62. The van der Waals surface area contributed by atoms with Gasteiger partial charge in [-0.25, -0.2) is 4.79 Å². The molecule has 2 aromatic rings. The first-order chi connectivity index (χ1) is 17.4. The maximum atomic E-state index is 12.5. The van der Waals surface area contributed by atoms with Crippen LogP contribution in [0.1, 0.15) is 73.5 Å². The standard InChI is InChI=1S/C26H43N7O3/c1-5-6-13-23-24(35-14-9-7-11-21-18-31(3)30-29-21)16-20(26(34)28-2)17-25(23)36-15-10-8-12-22-19-32(4)33(22)27/h16-19,29-30H,5-15,27H2,1-4H3,(H,28,34). The highest BCUT2D eigenvalue weighted by molar-refractivity contribution is 5.95. The van der Waals surface area contributed by atoms with Crippen LogP contribution in [0, 0.1) is 0 Å². The van der Waals surface area contributed by atoms with Crippen molar-refractivity contribution < 1.29 is 14.3 Å². The Morgan fingerprint density at radius 2 is 1.67 bits per heavy atom. The van der Waals surface area contributed by atoms with Crippen LogP contribution in [0.4, 0.5) is 0 Å². The van der Waals surface area contributed by atoms with Gasteiger partial charge in [0.05, 0.1) is 18.9 Å². The first-order valence-electron chi connectivity index (χ1n) is 13.0. The lowest BCUT2D eigenvalue weighted by Gasteiger charge is -2.20. The average Bonchev–Trinajstić information content (AvgIpc) is 3.30. The molecule has 0 fully saturated rings. The molecule has 2 heterocycles. The number of nitrogen functional groups attached to an aromatic ring is 1. The number of nitrogens with two attached hydrogens (primary N) is 1. The SMILES string of the molecule is CCCCc1c(OCCCCC2=CN(C)NN2)cc(C(=O)NC)cc1OCCCCc1cn(C)n1N. The quantitative estimate of drug-likeness (QED) is 0.207. The molecule has 0 unspecified atom stereocenters. The van der Waals surface area contributed by atoms with Gasteiger partial charge in [0.2, 0.25) is 0 Å². The van der Waals surface area contributed by atoms with Crippen LogP contribution < -0.4 is 31.6 Å². The minimum atomic E-state index is -0.147. The van der Waals surface area contributed by atoms with Gasteiger partial charge in [0.1, 0.15) is 11.5 Å². The molecule has 0 saturated carbocycles. The number of nitrogens with one attached hydrogen (secondary N) is 3. The van der Waals surface area contributed by atoms with Gasteiger partial charge in [0.25, 0.3) is 5.91 Å². The van der Waals surface area contributed by atoms with Gasteiger partial charge in [-0.1, -0.05) is 13.3 Å². The first kappa shape index (κ1) is 27.3. The monoisotopic (exact) mass is 501 g/mol. The molecule has 0 aliphatic carbocycles. The van der Waals surface area contributed by atoms with Crippen LogP contribution in [0.3, 0.4) is 0 Å². The number of carbonyl (C=O) groups excluding carboxylic acids is 1. The number of hydrazine groups is 2. The van der Waals surface area contributed by atoms with E-state index in [1.165, 1.54) is 5.70 Å². The highest BCUT2D eigenvalue weighted by Crippen LogP contribution is 2.33. The molecule has 1 aliphatic heterocycles. The summed E-state index contributed by atoms with van der Waals surface area (Å²) in [6.45, 7) is 3.34. The van der Waals surface area contributed by atoms with Crippen LogP contribution in [-0.2, 0) is 19.9 Å². The van der Waals surface area contributed by atoms with Crippen LogP contribution in [0.2, 0.25) is 0 Å². The number of carbonyl (C=O) groups is 1. The summed E-state index contributed by atoms with van der Waals surface area (Å²) in [5.41, 5.74) is 10.1. The topological polar surface area (TPSA) is 111 Å². The minimum absolute atomic E-state index is 0.147. The molecule has 200 valence electrons. The third-order valence-electron chi connectivity index (χ3n) is 6.33. The molecule has 1 amide bonds. The molecule has 5 N–H and O–H groups in total. The van der Waals surface area contributed by atoms with Gasteiger partial charge >= 0.3 is 0 Å². The Morgan fingerprint density at radius 3 is 2.19 bits per heavy atom. The molecule has 10 heteroatoms. The molecule has 0 spiro atoms. The maximum absolute atomic E-state index is 12.5. The molecule has 0 atom stereocenters. The number of hydrogen-bond acceptors (Lipinski definition) is 7. The lowest BCUT2D eigenvalue weighted by Crippen LogP contribution is -2.33. The van der Waals surface area contributed by atoms with E-state index < -0.39 is 0 Å². The molecule has 1 aromatic heterocycles. The number of aryl methyl sites for hydroxylation is 2. The van der Waals surface area contributed by atoms with E-state index in [0.29, 0.717) is 18.8 Å². The highest BCUT2D eigenvalue weighted by Gasteiger charge is 2.17. The van der Waals surface area contributed by atoms with E-state index in [0.717, 1.165) is 80.5 Å². The Bertz CT molecular complexity index is 1010. The number of ether oxygens (including phenoxy) is 2. The number of nitrogens with zero attached hydrogens (tertiary/aromatic N) is 3. The van der Waals surface area contributed by atoms with Crippen molar-refractivity contribution >= 4 is 5.91 Å². The zero-order valence-corrected chi connectivity index (χ0v) is 22.2. The van der Waals surface area contributed by atoms with Gasteiger partial charge in [-0.2, -0.15) is 0 Å². The zero-order valence-electron chi connectivity index (χ0n) is 22.2. The lowest BCUT2D eigenvalue weighted by molar-refractivity contribution is 0.0962. The molecular weight excluding hydrogens is 458 g/mol. The van der Waals surface area contributed by atoms with Crippen molar-refractivity contribution in [1.29, 1.82) is 0 Å². The number of benzene rings is 1. The second-order valence-electron chi connectivity index (χ2n) is 9.29. The van der Waals surface area contributed by atoms with Crippen LogP contribution in [0.15, 0.2) is 30.2 Å². The fourth-order valence-electron chi connectivity index (χ4n) is 4.19. The van der Waals surface area contributed by atoms with Gasteiger partial charge in [-0.15, -0.1) is 5.53 Å². The van der Waals surface area contributed by atoms with Crippen molar-refractivity contribution in [3.63, 3.8) is 0 Å². The Hall–Kier alpha value is -3.27. The molecule has 3 rings (SSSR count). The van der Waals surface area contributed by atoms with E-state index >= 15 is 0 Å². The van der Waals surface area contributed by atoms with Gasteiger partial charge in [0.15, 0.2) is 0 Å². The normalized spacial score (nSPS) is 13.0. The van der Waals surface area contributed by atoms with E-state index in [1.807, 2.05) is 48.3 Å². The number of amides is 1. The first-order valence-corrected chi connectivity index (χ1v) is 13.0. The Labute approximate surface area is 214 Å². The third kappa shape index (κ3) is 7.61. The summed E-state index contributed by atoms with van der Waals surface area (Å²) >= 11 is 0. The van der Waals surface area contributed by atoms with Crippen LogP contribution in [-0.4, -0.2) is 47.7 Å². The number of hydrogen-bond donors (Lipinski definition) is 4. The summed E-state index contributed by atoms with van der Waals surface area (Å²) in [6, 6.07) is 3.70.